The van der Waals surface area contributed by atoms with Crippen LogP contribution in [0, 0.1) is 0 Å². The Morgan fingerprint density at radius 1 is 1.56 bits per heavy atom. The van der Waals surface area contributed by atoms with Crippen LogP contribution in [-0.2, 0) is 16.8 Å². The molecule has 6 heteroatoms. The van der Waals surface area contributed by atoms with Crippen LogP contribution >= 0.6 is 0 Å². The van der Waals surface area contributed by atoms with Crippen molar-refractivity contribution in [2.45, 2.75) is 32.7 Å². The van der Waals surface area contributed by atoms with Crippen molar-refractivity contribution in [2.24, 2.45) is 0 Å². The molecule has 0 aliphatic rings. The van der Waals surface area contributed by atoms with Gasteiger partial charge in [-0.3, -0.25) is 9.69 Å². The highest BCUT2D eigenvalue weighted by Gasteiger charge is 2.22. The second-order valence-electron chi connectivity index (χ2n) is 5.11. The van der Waals surface area contributed by atoms with Gasteiger partial charge in [-0.25, -0.2) is 0 Å². The zero-order valence-electron chi connectivity index (χ0n) is 11.0. The molecule has 0 amide bonds. The molecule has 0 aliphatic heterocycles. The monoisotopic (exact) mass is 253 g/mol. The van der Waals surface area contributed by atoms with E-state index in [9.17, 15) is 4.79 Å². The molecule has 0 radical (unpaired) electrons. The van der Waals surface area contributed by atoms with Crippen LogP contribution in [0.25, 0.3) is 0 Å². The molecule has 0 aliphatic carbocycles. The first-order valence-electron chi connectivity index (χ1n) is 5.71. The molecule has 0 spiro atoms. The van der Waals surface area contributed by atoms with E-state index in [4.69, 9.17) is 9.63 Å². The first kappa shape index (κ1) is 14.4. The Kier molecular flexibility index (Phi) is 4.61. The second kappa shape index (κ2) is 5.77. The fourth-order valence-corrected chi connectivity index (χ4v) is 1.37. The van der Waals surface area contributed by atoms with Crippen molar-refractivity contribution in [1.29, 1.82) is 0 Å². The summed E-state index contributed by atoms with van der Waals surface area (Å²) in [7, 11) is 0. The van der Waals surface area contributed by atoms with Crippen molar-refractivity contribution in [2.75, 3.05) is 13.1 Å². The summed E-state index contributed by atoms with van der Waals surface area (Å²) in [6, 6.07) is 0. The van der Waals surface area contributed by atoms with Gasteiger partial charge in [-0.05, 0) is 0 Å². The maximum absolute atomic E-state index is 10.7. The summed E-state index contributed by atoms with van der Waals surface area (Å²) in [5.74, 6) is 0.141. The average Bonchev–Trinajstić information content (AvgIpc) is 2.64. The van der Waals surface area contributed by atoms with Crippen molar-refractivity contribution in [3.8, 4) is 0 Å². The van der Waals surface area contributed by atoms with Gasteiger partial charge in [-0.2, -0.15) is 4.98 Å². The number of carboxylic acids is 1. The maximum atomic E-state index is 10.7. The van der Waals surface area contributed by atoms with Gasteiger partial charge in [0.15, 0.2) is 5.82 Å². The highest BCUT2D eigenvalue weighted by atomic mass is 16.5. The number of nitrogens with zero attached hydrogens (tertiary/aromatic N) is 3. The van der Waals surface area contributed by atoms with Crippen molar-refractivity contribution in [3.63, 3.8) is 0 Å². The van der Waals surface area contributed by atoms with Crippen molar-refractivity contribution in [3.05, 3.63) is 24.4 Å². The third-order valence-corrected chi connectivity index (χ3v) is 2.24. The van der Waals surface area contributed by atoms with Gasteiger partial charge in [0.1, 0.15) is 0 Å². The van der Waals surface area contributed by atoms with E-state index in [0.717, 1.165) is 0 Å². The number of aliphatic carboxylic acids is 1. The Balaban J connectivity index is 2.72. The summed E-state index contributed by atoms with van der Waals surface area (Å²) in [4.78, 5) is 16.6. The van der Waals surface area contributed by atoms with E-state index in [-0.39, 0.29) is 12.0 Å². The molecule has 1 N–H and O–H groups in total. The Hall–Kier alpha value is -1.69. The molecule has 0 unspecified atom stereocenters. The van der Waals surface area contributed by atoms with E-state index < -0.39 is 5.97 Å². The Bertz CT molecular complexity index is 420. The molecule has 1 rings (SSSR count). The number of rotatable bonds is 6. The number of aromatic nitrogens is 2. The van der Waals surface area contributed by atoms with E-state index in [2.05, 4.69) is 16.7 Å². The van der Waals surface area contributed by atoms with Crippen LogP contribution < -0.4 is 0 Å². The minimum Gasteiger partial charge on any atom is -0.480 e. The van der Waals surface area contributed by atoms with Crippen molar-refractivity contribution < 1.29 is 14.4 Å². The zero-order chi connectivity index (χ0) is 13.8. The average molecular weight is 253 g/mol. The number of hydrogen-bond donors (Lipinski definition) is 1. The predicted octanol–water partition coefficient (Wildman–Crippen LogP) is 1.44. The van der Waals surface area contributed by atoms with E-state index >= 15 is 0 Å². The molecular formula is C12H19N3O3. The summed E-state index contributed by atoms with van der Waals surface area (Å²) in [6.45, 7) is 10.2. The Morgan fingerprint density at radius 3 is 2.67 bits per heavy atom. The maximum Gasteiger partial charge on any atom is 0.317 e. The highest BCUT2D eigenvalue weighted by molar-refractivity contribution is 5.69. The van der Waals surface area contributed by atoms with Crippen LogP contribution in [0.4, 0.5) is 0 Å². The lowest BCUT2D eigenvalue weighted by Gasteiger charge is -2.15. The number of hydrogen-bond acceptors (Lipinski definition) is 5. The summed E-state index contributed by atoms with van der Waals surface area (Å²) in [5.41, 5.74) is -0.183. The Morgan fingerprint density at radius 2 is 2.22 bits per heavy atom. The summed E-state index contributed by atoms with van der Waals surface area (Å²) in [6.07, 6.45) is 1.64. The fourth-order valence-electron chi connectivity index (χ4n) is 1.37. The van der Waals surface area contributed by atoms with E-state index in [1.165, 1.54) is 0 Å². The number of carboxylic acid groups (broad SMARTS) is 1. The molecule has 0 aromatic carbocycles. The minimum atomic E-state index is -0.896. The molecule has 0 saturated heterocycles. The van der Waals surface area contributed by atoms with Crippen LogP contribution in [0.5, 0.6) is 0 Å². The normalized spacial score (nSPS) is 11.8. The third-order valence-electron chi connectivity index (χ3n) is 2.24. The predicted molar refractivity (Wildman–Crippen MR) is 66.1 cm³/mol. The molecule has 100 valence electrons. The van der Waals surface area contributed by atoms with Crippen molar-refractivity contribution in [1.82, 2.24) is 15.0 Å². The van der Waals surface area contributed by atoms with Gasteiger partial charge in [-0.1, -0.05) is 32.0 Å². The number of carbonyl (C=O) groups is 1. The third kappa shape index (κ3) is 4.29. The molecule has 0 bridgehead atoms. The molecule has 6 nitrogen and oxygen atoms in total. The molecule has 1 heterocycles. The summed E-state index contributed by atoms with van der Waals surface area (Å²) >= 11 is 0. The lowest BCUT2D eigenvalue weighted by molar-refractivity contribution is -0.138. The largest absolute Gasteiger partial charge is 0.480 e. The van der Waals surface area contributed by atoms with Crippen LogP contribution in [0.3, 0.4) is 0 Å². The quantitative estimate of drug-likeness (QED) is 0.773. The van der Waals surface area contributed by atoms with Gasteiger partial charge in [0.2, 0.25) is 5.89 Å². The Labute approximate surface area is 106 Å². The van der Waals surface area contributed by atoms with E-state index in [1.54, 1.807) is 11.0 Å². The van der Waals surface area contributed by atoms with Crippen LogP contribution in [-0.4, -0.2) is 39.2 Å². The van der Waals surface area contributed by atoms with Crippen LogP contribution in [0.15, 0.2) is 17.2 Å². The molecule has 1 aromatic heterocycles. The summed E-state index contributed by atoms with van der Waals surface area (Å²) in [5, 5.41) is 12.7. The van der Waals surface area contributed by atoms with Gasteiger partial charge in [-0.15, -0.1) is 6.58 Å². The molecule has 1 aromatic rings. The first-order chi connectivity index (χ1) is 8.32. The first-order valence-corrected chi connectivity index (χ1v) is 5.71. The fraction of sp³-hybridized carbons (Fsp3) is 0.583. The molecule has 0 atom stereocenters. The van der Waals surface area contributed by atoms with Crippen LogP contribution in [0.2, 0.25) is 0 Å². The zero-order valence-corrected chi connectivity index (χ0v) is 11.0. The lowest BCUT2D eigenvalue weighted by Crippen LogP contribution is -2.29. The van der Waals surface area contributed by atoms with Gasteiger partial charge in [0.05, 0.1) is 13.1 Å². The van der Waals surface area contributed by atoms with Crippen molar-refractivity contribution >= 4 is 5.97 Å². The van der Waals surface area contributed by atoms with Gasteiger partial charge in [0.25, 0.3) is 0 Å². The molecule has 18 heavy (non-hydrogen) atoms. The molecule has 0 saturated carbocycles. The summed E-state index contributed by atoms with van der Waals surface area (Å²) < 4.78 is 5.12. The highest BCUT2D eigenvalue weighted by Crippen LogP contribution is 2.18. The van der Waals surface area contributed by atoms with Gasteiger partial charge >= 0.3 is 5.97 Å². The van der Waals surface area contributed by atoms with Gasteiger partial charge in [0, 0.05) is 12.0 Å². The SMILES string of the molecule is C=CCN(CC(=O)O)Cc1nc(C(C)(C)C)no1. The molecular weight excluding hydrogens is 234 g/mol. The van der Waals surface area contributed by atoms with E-state index in [1.807, 2.05) is 20.8 Å². The topological polar surface area (TPSA) is 79.5 Å². The standard InChI is InChI=1S/C12H19N3O3/c1-5-6-15(8-10(16)17)7-9-13-11(14-18-9)12(2,3)4/h5H,1,6-8H2,2-4H3,(H,16,17). The van der Waals surface area contributed by atoms with Crippen LogP contribution in [0.1, 0.15) is 32.5 Å². The smallest absolute Gasteiger partial charge is 0.317 e. The molecule has 0 fully saturated rings. The van der Waals surface area contributed by atoms with E-state index in [0.29, 0.717) is 24.8 Å². The lowest BCUT2D eigenvalue weighted by atomic mass is 9.96. The second-order valence-corrected chi connectivity index (χ2v) is 5.11. The van der Waals surface area contributed by atoms with Gasteiger partial charge < -0.3 is 9.63 Å². The minimum absolute atomic E-state index is 0.0841.